The second-order valence-electron chi connectivity index (χ2n) is 7.25. The lowest BCUT2D eigenvalue weighted by atomic mass is 9.99. The molecule has 0 unspecified atom stereocenters. The van der Waals surface area contributed by atoms with E-state index in [4.69, 9.17) is 16.6 Å². The molecule has 1 aliphatic heterocycles. The zero-order chi connectivity index (χ0) is 19.9. The van der Waals surface area contributed by atoms with Crippen LogP contribution in [0.3, 0.4) is 0 Å². The number of carbonyl (C=O) groups excluding carboxylic acids is 1. The number of carbonyl (C=O) groups is 1. The number of halogens is 1. The number of nitrogens with one attached hydrogen (secondary N) is 1. The first-order valence-electron chi connectivity index (χ1n) is 9.84. The standard InChI is InChI=1S/C21H27ClN4OS/c1-3-9-23-20(27)17-6-4-5-16(12-17)14-28-21-24-18(22)13-19(25-21)26-10-7-15(2)8-11-26/h4-6,12-13,15H,3,7-11,14H2,1-2H3,(H,23,27). The Hall–Kier alpha value is -1.79. The Bertz CT molecular complexity index is 809. The van der Waals surface area contributed by atoms with E-state index in [0.717, 1.165) is 36.8 Å². The highest BCUT2D eigenvalue weighted by molar-refractivity contribution is 7.98. The second-order valence-corrected chi connectivity index (χ2v) is 8.58. The largest absolute Gasteiger partial charge is 0.356 e. The van der Waals surface area contributed by atoms with Gasteiger partial charge in [0.05, 0.1) is 0 Å². The SMILES string of the molecule is CCCNC(=O)c1cccc(CSc2nc(Cl)cc(N3CCC(C)CC3)n2)c1. The average Bonchev–Trinajstić information content (AvgIpc) is 2.71. The summed E-state index contributed by atoms with van der Waals surface area (Å²) in [7, 11) is 0. The van der Waals surface area contributed by atoms with Crippen LogP contribution >= 0.6 is 23.4 Å². The van der Waals surface area contributed by atoms with Crippen molar-refractivity contribution in [2.45, 2.75) is 44.0 Å². The molecule has 0 radical (unpaired) electrons. The predicted molar refractivity (Wildman–Crippen MR) is 116 cm³/mol. The van der Waals surface area contributed by atoms with Gasteiger partial charge in [0.25, 0.3) is 5.91 Å². The normalized spacial score (nSPS) is 14.9. The van der Waals surface area contributed by atoms with Gasteiger partial charge in [0, 0.05) is 37.0 Å². The minimum atomic E-state index is -0.0330. The highest BCUT2D eigenvalue weighted by Gasteiger charge is 2.18. The number of rotatable bonds is 7. The number of piperidine rings is 1. The molecule has 5 nitrogen and oxygen atoms in total. The molecule has 1 saturated heterocycles. The van der Waals surface area contributed by atoms with Gasteiger partial charge in [0.1, 0.15) is 11.0 Å². The first-order valence-corrected chi connectivity index (χ1v) is 11.2. The molecule has 150 valence electrons. The van der Waals surface area contributed by atoms with Gasteiger partial charge in [-0.15, -0.1) is 0 Å². The van der Waals surface area contributed by atoms with Crippen molar-refractivity contribution in [2.24, 2.45) is 5.92 Å². The van der Waals surface area contributed by atoms with Gasteiger partial charge in [-0.3, -0.25) is 4.79 Å². The molecule has 1 N–H and O–H groups in total. The molecule has 0 aliphatic carbocycles. The lowest BCUT2D eigenvalue weighted by Crippen LogP contribution is -2.33. The first-order chi connectivity index (χ1) is 13.5. The number of aromatic nitrogens is 2. The third kappa shape index (κ3) is 5.85. The van der Waals surface area contributed by atoms with Crippen LogP contribution in [-0.2, 0) is 5.75 Å². The summed E-state index contributed by atoms with van der Waals surface area (Å²) in [6.45, 7) is 7.03. The number of nitrogens with zero attached hydrogens (tertiary/aromatic N) is 3. The highest BCUT2D eigenvalue weighted by Crippen LogP contribution is 2.27. The van der Waals surface area contributed by atoms with Crippen LogP contribution in [0.1, 0.15) is 49.0 Å². The van der Waals surface area contributed by atoms with Crippen molar-refractivity contribution in [3.63, 3.8) is 0 Å². The Kier molecular flexibility index (Phi) is 7.57. The average molecular weight is 419 g/mol. The van der Waals surface area contributed by atoms with Crippen molar-refractivity contribution in [1.29, 1.82) is 0 Å². The minimum Gasteiger partial charge on any atom is -0.356 e. The smallest absolute Gasteiger partial charge is 0.251 e. The number of thioether (sulfide) groups is 1. The molecule has 1 aromatic carbocycles. The van der Waals surface area contributed by atoms with E-state index in [2.05, 4.69) is 22.1 Å². The molecule has 1 amide bonds. The maximum atomic E-state index is 12.2. The highest BCUT2D eigenvalue weighted by atomic mass is 35.5. The summed E-state index contributed by atoms with van der Waals surface area (Å²) in [6.07, 6.45) is 3.28. The molecule has 7 heteroatoms. The Morgan fingerprint density at radius 3 is 2.82 bits per heavy atom. The predicted octanol–water partition coefficient (Wildman–Crippen LogP) is 4.80. The molecule has 1 aromatic heterocycles. The molecule has 1 fully saturated rings. The third-order valence-corrected chi connectivity index (χ3v) is 5.97. The third-order valence-electron chi connectivity index (χ3n) is 4.86. The molecule has 3 rings (SSSR count). The van der Waals surface area contributed by atoms with Crippen molar-refractivity contribution in [1.82, 2.24) is 15.3 Å². The van der Waals surface area contributed by atoms with E-state index in [9.17, 15) is 4.79 Å². The van der Waals surface area contributed by atoms with Gasteiger partial charge in [-0.2, -0.15) is 0 Å². The summed E-state index contributed by atoms with van der Waals surface area (Å²) in [5.74, 6) is 2.33. The Morgan fingerprint density at radius 2 is 2.07 bits per heavy atom. The van der Waals surface area contributed by atoms with Crippen molar-refractivity contribution in [2.75, 3.05) is 24.5 Å². The van der Waals surface area contributed by atoms with E-state index >= 15 is 0 Å². The van der Waals surface area contributed by atoms with Gasteiger partial charge < -0.3 is 10.2 Å². The summed E-state index contributed by atoms with van der Waals surface area (Å²) >= 11 is 7.79. The van der Waals surface area contributed by atoms with E-state index in [0.29, 0.717) is 28.2 Å². The van der Waals surface area contributed by atoms with Gasteiger partial charge in [-0.25, -0.2) is 9.97 Å². The van der Waals surface area contributed by atoms with Crippen LogP contribution in [0.4, 0.5) is 5.82 Å². The number of benzene rings is 1. The zero-order valence-corrected chi connectivity index (χ0v) is 18.0. The molecule has 2 aromatic rings. The molecule has 0 spiro atoms. The fraction of sp³-hybridized carbons (Fsp3) is 0.476. The maximum Gasteiger partial charge on any atom is 0.251 e. The summed E-state index contributed by atoms with van der Waals surface area (Å²) in [4.78, 5) is 23.5. The Morgan fingerprint density at radius 1 is 1.29 bits per heavy atom. The fourth-order valence-corrected chi connectivity index (χ4v) is 4.16. The molecule has 1 aliphatic rings. The van der Waals surface area contributed by atoms with E-state index < -0.39 is 0 Å². The van der Waals surface area contributed by atoms with Crippen LogP contribution in [-0.4, -0.2) is 35.5 Å². The molecular weight excluding hydrogens is 392 g/mol. The van der Waals surface area contributed by atoms with Crippen LogP contribution in [0, 0.1) is 5.92 Å². The number of hydrogen-bond acceptors (Lipinski definition) is 5. The van der Waals surface area contributed by atoms with Crippen LogP contribution in [0.5, 0.6) is 0 Å². The van der Waals surface area contributed by atoms with Crippen molar-refractivity contribution in [3.05, 3.63) is 46.6 Å². The van der Waals surface area contributed by atoms with Crippen LogP contribution in [0.25, 0.3) is 0 Å². The van der Waals surface area contributed by atoms with Crippen LogP contribution in [0.2, 0.25) is 5.15 Å². The molecular formula is C21H27ClN4OS. The minimum absolute atomic E-state index is 0.0330. The molecule has 0 atom stereocenters. The second kappa shape index (κ2) is 10.1. The van der Waals surface area contributed by atoms with Gasteiger partial charge in [-0.1, -0.05) is 49.3 Å². The lowest BCUT2D eigenvalue weighted by molar-refractivity contribution is 0.0953. The molecule has 2 heterocycles. The summed E-state index contributed by atoms with van der Waals surface area (Å²) in [5.41, 5.74) is 1.74. The van der Waals surface area contributed by atoms with Crippen LogP contribution in [0.15, 0.2) is 35.5 Å². The molecule has 0 saturated carbocycles. The quantitative estimate of drug-likeness (QED) is 0.397. The topological polar surface area (TPSA) is 58.1 Å². The molecule has 28 heavy (non-hydrogen) atoms. The molecule has 0 bridgehead atoms. The van der Waals surface area contributed by atoms with Gasteiger partial charge >= 0.3 is 0 Å². The van der Waals surface area contributed by atoms with Crippen molar-refractivity contribution in [3.8, 4) is 0 Å². The lowest BCUT2D eigenvalue weighted by Gasteiger charge is -2.31. The maximum absolute atomic E-state index is 12.2. The van der Waals surface area contributed by atoms with E-state index in [-0.39, 0.29) is 5.91 Å². The van der Waals surface area contributed by atoms with Gasteiger partial charge in [-0.05, 0) is 42.9 Å². The monoisotopic (exact) mass is 418 g/mol. The van der Waals surface area contributed by atoms with Crippen LogP contribution < -0.4 is 10.2 Å². The first kappa shape index (κ1) is 20.9. The van der Waals surface area contributed by atoms with E-state index in [1.807, 2.05) is 37.3 Å². The van der Waals surface area contributed by atoms with Crippen molar-refractivity contribution >= 4 is 35.1 Å². The number of anilines is 1. The van der Waals surface area contributed by atoms with E-state index in [1.54, 1.807) is 0 Å². The fourth-order valence-electron chi connectivity index (χ4n) is 3.14. The summed E-state index contributed by atoms with van der Waals surface area (Å²) in [5, 5.41) is 4.05. The van der Waals surface area contributed by atoms with Crippen molar-refractivity contribution < 1.29 is 4.79 Å². The zero-order valence-electron chi connectivity index (χ0n) is 16.4. The number of hydrogen-bond donors (Lipinski definition) is 1. The Balaban J connectivity index is 1.65. The van der Waals surface area contributed by atoms with Gasteiger partial charge in [0.15, 0.2) is 5.16 Å². The number of amides is 1. The summed E-state index contributed by atoms with van der Waals surface area (Å²) < 4.78 is 0. The van der Waals surface area contributed by atoms with E-state index in [1.165, 1.54) is 24.6 Å². The Labute approximate surface area is 176 Å². The van der Waals surface area contributed by atoms with Gasteiger partial charge in [0.2, 0.25) is 0 Å². The summed E-state index contributed by atoms with van der Waals surface area (Å²) in [6, 6.07) is 9.54.